The van der Waals surface area contributed by atoms with Crippen LogP contribution in [0.2, 0.25) is 0 Å². The quantitative estimate of drug-likeness (QED) is 0.821. The van der Waals surface area contributed by atoms with Crippen LogP contribution in [0.4, 0.5) is 0 Å². The van der Waals surface area contributed by atoms with Crippen molar-refractivity contribution < 1.29 is 19.4 Å². The van der Waals surface area contributed by atoms with E-state index in [0.717, 1.165) is 39.0 Å². The molecule has 2 aliphatic heterocycles. The van der Waals surface area contributed by atoms with Crippen LogP contribution in [0.5, 0.6) is 0 Å². The number of hydrogen-bond acceptors (Lipinski definition) is 4. The van der Waals surface area contributed by atoms with Crippen LogP contribution in [0.15, 0.2) is 0 Å². The molecular weight excluding hydrogens is 246 g/mol. The third-order valence-electron chi connectivity index (χ3n) is 4.17. The van der Waals surface area contributed by atoms with E-state index in [9.17, 15) is 4.79 Å². The van der Waals surface area contributed by atoms with Crippen molar-refractivity contribution in [3.63, 3.8) is 0 Å². The van der Waals surface area contributed by atoms with Crippen LogP contribution < -0.4 is 0 Å². The van der Waals surface area contributed by atoms with Crippen LogP contribution in [0.25, 0.3) is 0 Å². The molecule has 0 amide bonds. The van der Waals surface area contributed by atoms with E-state index in [0.29, 0.717) is 6.61 Å². The van der Waals surface area contributed by atoms with E-state index in [1.165, 1.54) is 12.8 Å². The van der Waals surface area contributed by atoms with E-state index in [1.807, 2.05) is 4.90 Å². The van der Waals surface area contributed by atoms with Crippen LogP contribution in [0, 0.1) is 0 Å². The Morgan fingerprint density at radius 2 is 2.11 bits per heavy atom. The van der Waals surface area contributed by atoms with Crippen molar-refractivity contribution in [2.45, 2.75) is 57.3 Å². The van der Waals surface area contributed by atoms with Crippen LogP contribution in [0.3, 0.4) is 0 Å². The first-order valence-corrected chi connectivity index (χ1v) is 7.37. The summed E-state index contributed by atoms with van der Waals surface area (Å²) in [6, 6.07) is -0.386. The second kappa shape index (κ2) is 7.22. The monoisotopic (exact) mass is 271 g/mol. The van der Waals surface area contributed by atoms with Crippen molar-refractivity contribution in [3.8, 4) is 0 Å². The zero-order valence-corrected chi connectivity index (χ0v) is 11.7. The van der Waals surface area contributed by atoms with Crippen LogP contribution in [-0.4, -0.2) is 60.5 Å². The smallest absolute Gasteiger partial charge is 0.320 e. The van der Waals surface area contributed by atoms with Gasteiger partial charge in [0.1, 0.15) is 6.04 Å². The highest BCUT2D eigenvalue weighted by Crippen LogP contribution is 2.18. The zero-order valence-electron chi connectivity index (χ0n) is 11.7. The van der Waals surface area contributed by atoms with Gasteiger partial charge in [-0.2, -0.15) is 0 Å². The maximum atomic E-state index is 10.9. The molecule has 0 spiro atoms. The van der Waals surface area contributed by atoms with Gasteiger partial charge >= 0.3 is 5.97 Å². The van der Waals surface area contributed by atoms with Crippen LogP contribution in [-0.2, 0) is 14.3 Å². The third kappa shape index (κ3) is 4.44. The Kier molecular flexibility index (Phi) is 5.60. The molecule has 0 aromatic rings. The number of carboxylic acid groups (broad SMARTS) is 1. The number of piperidine rings is 1. The normalized spacial score (nSPS) is 28.2. The summed E-state index contributed by atoms with van der Waals surface area (Å²) in [7, 11) is 0. The van der Waals surface area contributed by atoms with Crippen LogP contribution >= 0.6 is 0 Å². The highest BCUT2D eigenvalue weighted by atomic mass is 16.5. The lowest BCUT2D eigenvalue weighted by Crippen LogP contribution is -2.45. The Balaban J connectivity index is 1.64. The van der Waals surface area contributed by atoms with Crippen molar-refractivity contribution >= 4 is 5.97 Å². The molecule has 5 heteroatoms. The first-order valence-electron chi connectivity index (χ1n) is 7.37. The average molecular weight is 271 g/mol. The number of nitrogens with zero attached hydrogens (tertiary/aromatic N) is 1. The lowest BCUT2D eigenvalue weighted by molar-refractivity contribution is -0.144. The van der Waals surface area contributed by atoms with Gasteiger partial charge in [-0.1, -0.05) is 0 Å². The molecular formula is C14H25NO4. The number of carboxylic acids is 1. The molecule has 2 rings (SSSR count). The summed E-state index contributed by atoms with van der Waals surface area (Å²) in [5, 5.41) is 8.98. The highest BCUT2D eigenvalue weighted by Gasteiger charge is 2.27. The molecule has 0 aliphatic carbocycles. The van der Waals surface area contributed by atoms with E-state index in [4.69, 9.17) is 14.6 Å². The van der Waals surface area contributed by atoms with Gasteiger partial charge < -0.3 is 14.6 Å². The lowest BCUT2D eigenvalue weighted by atomic mass is 10.1. The lowest BCUT2D eigenvalue weighted by Gasteiger charge is -2.35. The van der Waals surface area contributed by atoms with Crippen molar-refractivity contribution in [3.05, 3.63) is 0 Å². The maximum Gasteiger partial charge on any atom is 0.320 e. The fourth-order valence-corrected chi connectivity index (χ4v) is 2.77. The van der Waals surface area contributed by atoms with Gasteiger partial charge in [-0.25, -0.2) is 0 Å². The Hall–Kier alpha value is -0.650. The second-order valence-corrected chi connectivity index (χ2v) is 5.57. The van der Waals surface area contributed by atoms with Gasteiger partial charge in [0.15, 0.2) is 0 Å². The topological polar surface area (TPSA) is 59.0 Å². The van der Waals surface area contributed by atoms with Crippen LogP contribution in [0.1, 0.15) is 39.0 Å². The van der Waals surface area contributed by atoms with Crippen molar-refractivity contribution in [1.29, 1.82) is 0 Å². The van der Waals surface area contributed by atoms with Gasteiger partial charge in [0, 0.05) is 19.7 Å². The molecule has 0 saturated carbocycles. The fraction of sp³-hybridized carbons (Fsp3) is 0.929. The van der Waals surface area contributed by atoms with Gasteiger partial charge in [-0.15, -0.1) is 0 Å². The minimum atomic E-state index is -0.741. The summed E-state index contributed by atoms with van der Waals surface area (Å²) in [6.07, 6.45) is 5.89. The molecule has 19 heavy (non-hydrogen) atoms. The Labute approximate surface area is 114 Å². The van der Waals surface area contributed by atoms with Crippen molar-refractivity contribution in [2.75, 3.05) is 26.3 Å². The number of rotatable bonds is 5. The van der Waals surface area contributed by atoms with E-state index in [2.05, 4.69) is 0 Å². The Morgan fingerprint density at radius 3 is 2.68 bits per heavy atom. The number of aliphatic carboxylic acids is 1. The average Bonchev–Trinajstić information content (AvgIpc) is 2.46. The van der Waals surface area contributed by atoms with Gasteiger partial charge in [0.25, 0.3) is 0 Å². The van der Waals surface area contributed by atoms with Gasteiger partial charge in [-0.05, 0) is 39.0 Å². The molecule has 2 heterocycles. The molecule has 2 atom stereocenters. The van der Waals surface area contributed by atoms with Gasteiger partial charge in [0.2, 0.25) is 0 Å². The molecule has 2 fully saturated rings. The first kappa shape index (κ1) is 14.8. The third-order valence-corrected chi connectivity index (χ3v) is 4.17. The van der Waals surface area contributed by atoms with E-state index in [1.54, 1.807) is 6.92 Å². The summed E-state index contributed by atoms with van der Waals surface area (Å²) < 4.78 is 11.6. The molecule has 5 nitrogen and oxygen atoms in total. The molecule has 2 unspecified atom stereocenters. The summed E-state index contributed by atoms with van der Waals surface area (Å²) in [5.41, 5.74) is 0. The number of carbonyl (C=O) groups is 1. The van der Waals surface area contributed by atoms with Crippen molar-refractivity contribution in [1.82, 2.24) is 4.90 Å². The summed E-state index contributed by atoms with van der Waals surface area (Å²) >= 11 is 0. The molecule has 0 aromatic carbocycles. The molecule has 0 aromatic heterocycles. The minimum absolute atomic E-state index is 0.266. The predicted octanol–water partition coefficient (Wildman–Crippen LogP) is 1.51. The molecule has 2 saturated heterocycles. The molecule has 0 bridgehead atoms. The Bertz CT molecular complexity index is 283. The second-order valence-electron chi connectivity index (χ2n) is 5.57. The van der Waals surface area contributed by atoms with Gasteiger partial charge in [-0.3, -0.25) is 9.69 Å². The predicted molar refractivity (Wildman–Crippen MR) is 71.2 cm³/mol. The molecule has 110 valence electrons. The SMILES string of the molecule is CC(C(=O)O)N1CCC(OCC2CCCCO2)CC1. The maximum absolute atomic E-state index is 10.9. The van der Waals surface area contributed by atoms with E-state index in [-0.39, 0.29) is 18.2 Å². The van der Waals surface area contributed by atoms with Gasteiger partial charge in [0.05, 0.1) is 18.8 Å². The standard InChI is InChI=1S/C14H25NO4/c1-11(14(16)17)15-7-5-12(6-8-15)19-10-13-4-2-3-9-18-13/h11-13H,2-10H2,1H3,(H,16,17). The molecule has 2 aliphatic rings. The Morgan fingerprint density at radius 1 is 1.37 bits per heavy atom. The summed E-state index contributed by atoms with van der Waals surface area (Å²) in [5.74, 6) is -0.741. The fourth-order valence-electron chi connectivity index (χ4n) is 2.77. The first-order chi connectivity index (χ1) is 9.16. The minimum Gasteiger partial charge on any atom is -0.480 e. The zero-order chi connectivity index (χ0) is 13.7. The van der Waals surface area contributed by atoms with E-state index < -0.39 is 5.97 Å². The number of likely N-dealkylation sites (tertiary alicyclic amines) is 1. The summed E-state index contributed by atoms with van der Waals surface area (Å²) in [6.45, 7) is 4.93. The number of ether oxygens (including phenoxy) is 2. The number of hydrogen-bond donors (Lipinski definition) is 1. The molecule has 0 radical (unpaired) electrons. The van der Waals surface area contributed by atoms with Crippen molar-refractivity contribution in [2.24, 2.45) is 0 Å². The largest absolute Gasteiger partial charge is 0.480 e. The van der Waals surface area contributed by atoms with E-state index >= 15 is 0 Å². The summed E-state index contributed by atoms with van der Waals surface area (Å²) in [4.78, 5) is 12.9. The molecule has 1 N–H and O–H groups in total. The highest BCUT2D eigenvalue weighted by molar-refractivity contribution is 5.72.